The summed E-state index contributed by atoms with van der Waals surface area (Å²) in [5.41, 5.74) is -0.191. The minimum absolute atomic E-state index is 0.123. The maximum absolute atomic E-state index is 12.9. The Bertz CT molecular complexity index is 269. The highest BCUT2D eigenvalue weighted by atomic mass is 19.1. The van der Waals surface area contributed by atoms with Crippen molar-refractivity contribution in [2.45, 2.75) is 13.0 Å². The number of hydrogen-bond donors (Lipinski definition) is 2. The highest BCUT2D eigenvalue weighted by Crippen LogP contribution is 2.17. The van der Waals surface area contributed by atoms with Crippen LogP contribution in [0.3, 0.4) is 0 Å². The standard InChI is InChI=1S/C9H11F2NO/c1-6(13)5-12-9-7(10)3-2-4-8(9)11/h2-4,6,12-13H,5H2,1H3/t6-/m0/s1. The Morgan fingerprint density at radius 1 is 1.38 bits per heavy atom. The van der Waals surface area contributed by atoms with Crippen LogP contribution in [0.2, 0.25) is 0 Å². The number of anilines is 1. The number of benzene rings is 1. The summed E-state index contributed by atoms with van der Waals surface area (Å²) in [7, 11) is 0. The van der Waals surface area contributed by atoms with E-state index in [1.165, 1.54) is 13.0 Å². The molecule has 0 aromatic heterocycles. The van der Waals surface area contributed by atoms with Gasteiger partial charge in [-0.15, -0.1) is 0 Å². The summed E-state index contributed by atoms with van der Waals surface area (Å²) in [6.07, 6.45) is -0.640. The molecule has 1 aromatic carbocycles. The molecule has 0 spiro atoms. The van der Waals surface area contributed by atoms with E-state index in [0.717, 1.165) is 12.1 Å². The van der Waals surface area contributed by atoms with Gasteiger partial charge in [0.2, 0.25) is 0 Å². The number of aliphatic hydroxyl groups excluding tert-OH is 1. The van der Waals surface area contributed by atoms with Gasteiger partial charge in [-0.25, -0.2) is 8.78 Å². The summed E-state index contributed by atoms with van der Waals surface area (Å²) in [6, 6.07) is 3.61. The zero-order valence-electron chi connectivity index (χ0n) is 7.22. The number of hydrogen-bond acceptors (Lipinski definition) is 2. The van der Waals surface area contributed by atoms with Gasteiger partial charge in [-0.1, -0.05) is 6.07 Å². The highest BCUT2D eigenvalue weighted by Gasteiger charge is 2.07. The Balaban J connectivity index is 2.75. The molecular formula is C9H11F2NO. The van der Waals surface area contributed by atoms with Crippen LogP contribution in [-0.2, 0) is 0 Å². The molecule has 0 saturated heterocycles. The van der Waals surface area contributed by atoms with E-state index >= 15 is 0 Å². The van der Waals surface area contributed by atoms with E-state index in [9.17, 15) is 8.78 Å². The van der Waals surface area contributed by atoms with Crippen molar-refractivity contribution in [1.29, 1.82) is 0 Å². The maximum Gasteiger partial charge on any atom is 0.149 e. The summed E-state index contributed by atoms with van der Waals surface area (Å²) >= 11 is 0. The Morgan fingerprint density at radius 2 is 1.92 bits per heavy atom. The van der Waals surface area contributed by atoms with Crippen LogP contribution in [-0.4, -0.2) is 17.8 Å². The molecule has 0 fully saturated rings. The molecule has 2 N–H and O–H groups in total. The first kappa shape index (κ1) is 9.92. The van der Waals surface area contributed by atoms with Crippen LogP contribution in [0.1, 0.15) is 6.92 Å². The van der Waals surface area contributed by atoms with Crippen LogP contribution >= 0.6 is 0 Å². The van der Waals surface area contributed by atoms with E-state index in [1.807, 2.05) is 0 Å². The lowest BCUT2D eigenvalue weighted by Gasteiger charge is -2.09. The molecule has 2 nitrogen and oxygen atoms in total. The first-order valence-electron chi connectivity index (χ1n) is 3.97. The van der Waals surface area contributed by atoms with Gasteiger partial charge in [0, 0.05) is 6.54 Å². The number of nitrogens with one attached hydrogen (secondary N) is 1. The molecule has 4 heteroatoms. The van der Waals surface area contributed by atoms with Crippen molar-refractivity contribution in [1.82, 2.24) is 0 Å². The first-order valence-corrected chi connectivity index (χ1v) is 3.97. The van der Waals surface area contributed by atoms with Crippen LogP contribution in [0, 0.1) is 11.6 Å². The molecule has 0 amide bonds. The topological polar surface area (TPSA) is 32.3 Å². The molecule has 0 aliphatic heterocycles. The van der Waals surface area contributed by atoms with E-state index in [4.69, 9.17) is 5.11 Å². The second kappa shape index (κ2) is 4.18. The van der Waals surface area contributed by atoms with E-state index in [0.29, 0.717) is 0 Å². The molecule has 72 valence electrons. The van der Waals surface area contributed by atoms with Crippen LogP contribution in [0.15, 0.2) is 18.2 Å². The smallest absolute Gasteiger partial charge is 0.149 e. The van der Waals surface area contributed by atoms with Crippen molar-refractivity contribution in [3.05, 3.63) is 29.8 Å². The van der Waals surface area contributed by atoms with Gasteiger partial charge < -0.3 is 10.4 Å². The number of para-hydroxylation sites is 1. The Kier molecular flexibility index (Phi) is 3.19. The lowest BCUT2D eigenvalue weighted by molar-refractivity contribution is 0.208. The van der Waals surface area contributed by atoms with Gasteiger partial charge in [-0.2, -0.15) is 0 Å². The van der Waals surface area contributed by atoms with E-state index in [2.05, 4.69) is 5.32 Å². The fourth-order valence-corrected chi connectivity index (χ4v) is 0.916. The summed E-state index contributed by atoms with van der Waals surface area (Å²) in [5, 5.41) is 11.4. The molecule has 0 bridgehead atoms. The fourth-order valence-electron chi connectivity index (χ4n) is 0.916. The zero-order chi connectivity index (χ0) is 9.84. The Labute approximate surface area is 75.2 Å². The molecule has 0 aliphatic carbocycles. The van der Waals surface area contributed by atoms with Gasteiger partial charge in [-0.3, -0.25) is 0 Å². The van der Waals surface area contributed by atoms with Gasteiger partial charge in [0.15, 0.2) is 0 Å². The second-order valence-corrected chi connectivity index (χ2v) is 2.83. The third kappa shape index (κ3) is 2.66. The Morgan fingerprint density at radius 3 is 2.38 bits per heavy atom. The van der Waals surface area contributed by atoms with E-state index in [1.54, 1.807) is 0 Å². The maximum atomic E-state index is 12.9. The minimum atomic E-state index is -0.652. The summed E-state index contributed by atoms with van der Waals surface area (Å²) in [5.74, 6) is -1.30. The predicted molar refractivity (Wildman–Crippen MR) is 46.5 cm³/mol. The van der Waals surface area contributed by atoms with Crippen molar-refractivity contribution >= 4 is 5.69 Å². The molecule has 1 atom stereocenters. The lowest BCUT2D eigenvalue weighted by atomic mass is 10.3. The summed E-state index contributed by atoms with van der Waals surface area (Å²) in [6.45, 7) is 1.66. The van der Waals surface area contributed by atoms with Crippen molar-refractivity contribution in [2.24, 2.45) is 0 Å². The monoisotopic (exact) mass is 187 g/mol. The average molecular weight is 187 g/mol. The molecule has 0 heterocycles. The van der Waals surface area contributed by atoms with E-state index < -0.39 is 17.7 Å². The van der Waals surface area contributed by atoms with Gasteiger partial charge >= 0.3 is 0 Å². The SMILES string of the molecule is C[C@H](O)CNc1c(F)cccc1F. The van der Waals surface area contributed by atoms with Gasteiger partial charge in [0.1, 0.15) is 17.3 Å². The van der Waals surface area contributed by atoms with Crippen molar-refractivity contribution in [3.63, 3.8) is 0 Å². The number of halogens is 2. The van der Waals surface area contributed by atoms with Crippen molar-refractivity contribution < 1.29 is 13.9 Å². The molecule has 1 aromatic rings. The normalized spacial score (nSPS) is 12.6. The third-order valence-electron chi connectivity index (χ3n) is 1.54. The quantitative estimate of drug-likeness (QED) is 0.755. The minimum Gasteiger partial charge on any atom is -0.392 e. The largest absolute Gasteiger partial charge is 0.392 e. The van der Waals surface area contributed by atoms with Crippen LogP contribution in [0.4, 0.5) is 14.5 Å². The van der Waals surface area contributed by atoms with Crippen molar-refractivity contribution in [3.8, 4) is 0 Å². The molecule has 0 radical (unpaired) electrons. The first-order chi connectivity index (χ1) is 6.11. The zero-order valence-corrected chi connectivity index (χ0v) is 7.22. The molecule has 0 unspecified atom stereocenters. The average Bonchev–Trinajstić information content (AvgIpc) is 2.03. The Hall–Kier alpha value is -1.16. The fraction of sp³-hybridized carbons (Fsp3) is 0.333. The molecule has 1 rings (SSSR count). The van der Waals surface area contributed by atoms with Gasteiger partial charge in [0.25, 0.3) is 0 Å². The summed E-state index contributed by atoms with van der Waals surface area (Å²) < 4.78 is 25.8. The summed E-state index contributed by atoms with van der Waals surface area (Å²) in [4.78, 5) is 0. The molecular weight excluding hydrogens is 176 g/mol. The van der Waals surface area contributed by atoms with Crippen LogP contribution in [0.5, 0.6) is 0 Å². The van der Waals surface area contributed by atoms with Crippen LogP contribution in [0.25, 0.3) is 0 Å². The second-order valence-electron chi connectivity index (χ2n) is 2.83. The van der Waals surface area contributed by atoms with Gasteiger partial charge in [-0.05, 0) is 19.1 Å². The lowest BCUT2D eigenvalue weighted by Crippen LogP contribution is -2.16. The van der Waals surface area contributed by atoms with Gasteiger partial charge in [0.05, 0.1) is 6.10 Å². The van der Waals surface area contributed by atoms with E-state index in [-0.39, 0.29) is 12.2 Å². The molecule has 13 heavy (non-hydrogen) atoms. The number of rotatable bonds is 3. The number of aliphatic hydroxyl groups is 1. The third-order valence-corrected chi connectivity index (χ3v) is 1.54. The molecule has 0 aliphatic rings. The highest BCUT2D eigenvalue weighted by molar-refractivity contribution is 5.45. The van der Waals surface area contributed by atoms with Crippen molar-refractivity contribution in [2.75, 3.05) is 11.9 Å². The molecule has 0 saturated carbocycles. The van der Waals surface area contributed by atoms with Crippen LogP contribution < -0.4 is 5.32 Å². The predicted octanol–water partition coefficient (Wildman–Crippen LogP) is 1.76.